The van der Waals surface area contributed by atoms with Gasteiger partial charge in [-0.2, -0.15) is 0 Å². The van der Waals surface area contributed by atoms with Crippen LogP contribution in [0.25, 0.3) is 0 Å². The van der Waals surface area contributed by atoms with Gasteiger partial charge in [-0.05, 0) is 68.2 Å². The number of likely N-dealkylation sites (tertiary alicyclic amines) is 1. The minimum atomic E-state index is -0.410. The molecule has 2 aliphatic rings. The molecule has 1 atom stereocenters. The summed E-state index contributed by atoms with van der Waals surface area (Å²) in [6.07, 6.45) is 7.22. The highest BCUT2D eigenvalue weighted by molar-refractivity contribution is 5.98. The maximum atomic E-state index is 13.2. The predicted octanol–water partition coefficient (Wildman–Crippen LogP) is 5.49. The summed E-state index contributed by atoms with van der Waals surface area (Å²) in [7, 11) is 1.63. The molecule has 0 spiro atoms. The van der Waals surface area contributed by atoms with E-state index in [0.29, 0.717) is 37.7 Å². The van der Waals surface area contributed by atoms with Gasteiger partial charge in [-0.15, -0.1) is 0 Å². The van der Waals surface area contributed by atoms with Crippen LogP contribution >= 0.6 is 0 Å². The summed E-state index contributed by atoms with van der Waals surface area (Å²) >= 11 is 0. The number of rotatable bonds is 13. The van der Waals surface area contributed by atoms with E-state index in [-0.39, 0.29) is 36.0 Å². The average molecular weight is 592 g/mol. The zero-order chi connectivity index (χ0) is 30.8. The summed E-state index contributed by atoms with van der Waals surface area (Å²) in [6.45, 7) is 8.55. The molecule has 234 valence electrons. The zero-order valence-corrected chi connectivity index (χ0v) is 26.3. The number of carbonyl (C=O) groups is 3. The lowest BCUT2D eigenvalue weighted by atomic mass is 9.80. The maximum Gasteiger partial charge on any atom is 0.251 e. The van der Waals surface area contributed by atoms with Gasteiger partial charge in [0.05, 0.1) is 26.3 Å². The number of methoxy groups -OCH3 is 1. The molecule has 1 unspecified atom stereocenters. The molecule has 2 fully saturated rings. The number of Topliss-reactive ketones (excluding diaryl/α,β-unsaturated/α-hetero) is 1. The van der Waals surface area contributed by atoms with Crippen LogP contribution in [0.4, 0.5) is 0 Å². The third-order valence-corrected chi connectivity index (χ3v) is 8.94. The molecular weight excluding hydrogens is 542 g/mol. The van der Waals surface area contributed by atoms with Crippen molar-refractivity contribution in [1.82, 2.24) is 15.5 Å². The van der Waals surface area contributed by atoms with E-state index in [1.807, 2.05) is 68.1 Å². The Bertz CT molecular complexity index is 1210. The molecule has 2 aromatic rings. The Labute approximate surface area is 256 Å². The number of amides is 2. The molecule has 1 heterocycles. The fourth-order valence-corrected chi connectivity index (χ4v) is 6.36. The highest BCUT2D eigenvalue weighted by Gasteiger charge is 2.32. The molecule has 2 amide bonds. The van der Waals surface area contributed by atoms with Gasteiger partial charge in [0.2, 0.25) is 5.91 Å². The van der Waals surface area contributed by atoms with Crippen molar-refractivity contribution in [2.24, 2.45) is 11.8 Å². The predicted molar refractivity (Wildman–Crippen MR) is 169 cm³/mol. The van der Waals surface area contributed by atoms with Crippen LogP contribution in [0.1, 0.15) is 93.1 Å². The molecule has 2 N–H and O–H groups in total. The standard InChI is InChI=1S/C35H49N3O5/c1-5-43-31-21-30(42-4)16-15-29(31)22-36-23-32(39)38-19-17-26(18-20-38)25-11-13-28(14-12-25)35(41)37-33(34(40)24(2)3)27-9-7-6-8-10-27/h11-16,21,24,26-27,33,36H,5-10,17-20,22-23H2,1-4H3,(H,37,41). The molecule has 0 bridgehead atoms. The van der Waals surface area contributed by atoms with E-state index in [4.69, 9.17) is 9.47 Å². The molecule has 8 nitrogen and oxygen atoms in total. The van der Waals surface area contributed by atoms with E-state index >= 15 is 0 Å². The van der Waals surface area contributed by atoms with Crippen LogP contribution in [0.3, 0.4) is 0 Å². The summed E-state index contributed by atoms with van der Waals surface area (Å²) in [4.78, 5) is 41.0. The van der Waals surface area contributed by atoms with Gasteiger partial charge in [0.25, 0.3) is 5.91 Å². The highest BCUT2D eigenvalue weighted by Crippen LogP contribution is 2.30. The van der Waals surface area contributed by atoms with Crippen LogP contribution in [0, 0.1) is 11.8 Å². The van der Waals surface area contributed by atoms with Crippen LogP contribution in [-0.4, -0.2) is 61.9 Å². The van der Waals surface area contributed by atoms with E-state index < -0.39 is 6.04 Å². The largest absolute Gasteiger partial charge is 0.497 e. The van der Waals surface area contributed by atoms with Crippen LogP contribution in [0.5, 0.6) is 11.5 Å². The van der Waals surface area contributed by atoms with Gasteiger partial charge in [-0.25, -0.2) is 0 Å². The van der Waals surface area contributed by atoms with E-state index in [9.17, 15) is 14.4 Å². The molecule has 1 aliphatic heterocycles. The fraction of sp³-hybridized carbons (Fsp3) is 0.571. The number of hydrogen-bond donors (Lipinski definition) is 2. The van der Waals surface area contributed by atoms with Gasteiger partial charge in [0.15, 0.2) is 5.78 Å². The molecule has 1 saturated heterocycles. The summed E-state index contributed by atoms with van der Waals surface area (Å²) in [5, 5.41) is 6.36. The van der Waals surface area contributed by atoms with Crippen LogP contribution in [0.15, 0.2) is 42.5 Å². The first kappa shape index (κ1) is 32.5. The van der Waals surface area contributed by atoms with Gasteiger partial charge in [0.1, 0.15) is 11.5 Å². The van der Waals surface area contributed by atoms with E-state index in [1.165, 1.54) is 12.0 Å². The Morgan fingerprint density at radius 1 is 0.953 bits per heavy atom. The zero-order valence-electron chi connectivity index (χ0n) is 26.3. The molecule has 43 heavy (non-hydrogen) atoms. The second-order valence-electron chi connectivity index (χ2n) is 12.2. The van der Waals surface area contributed by atoms with Crippen molar-refractivity contribution >= 4 is 17.6 Å². The van der Waals surface area contributed by atoms with Gasteiger partial charge < -0.3 is 25.0 Å². The molecule has 8 heteroatoms. The Morgan fingerprint density at radius 3 is 2.28 bits per heavy atom. The van der Waals surface area contributed by atoms with Gasteiger partial charge in [-0.3, -0.25) is 14.4 Å². The quantitative estimate of drug-likeness (QED) is 0.320. The van der Waals surface area contributed by atoms with Crippen molar-refractivity contribution in [3.63, 3.8) is 0 Å². The first-order chi connectivity index (χ1) is 20.8. The van der Waals surface area contributed by atoms with Crippen molar-refractivity contribution in [3.05, 3.63) is 59.2 Å². The lowest BCUT2D eigenvalue weighted by molar-refractivity contribution is -0.131. The van der Waals surface area contributed by atoms with Crippen molar-refractivity contribution < 1.29 is 23.9 Å². The lowest BCUT2D eigenvalue weighted by Gasteiger charge is -2.32. The van der Waals surface area contributed by atoms with Crippen molar-refractivity contribution in [3.8, 4) is 11.5 Å². The van der Waals surface area contributed by atoms with Crippen molar-refractivity contribution in [1.29, 1.82) is 0 Å². The van der Waals surface area contributed by atoms with E-state index in [2.05, 4.69) is 10.6 Å². The monoisotopic (exact) mass is 591 g/mol. The summed E-state index contributed by atoms with van der Waals surface area (Å²) in [5.41, 5.74) is 2.76. The number of hydrogen-bond acceptors (Lipinski definition) is 6. The number of carbonyl (C=O) groups excluding carboxylic acids is 3. The van der Waals surface area contributed by atoms with Crippen molar-refractivity contribution in [2.45, 2.75) is 84.2 Å². The Kier molecular flexibility index (Phi) is 12.0. The Balaban J connectivity index is 1.25. The molecule has 0 radical (unpaired) electrons. The van der Waals surface area contributed by atoms with E-state index in [1.54, 1.807) is 7.11 Å². The smallest absolute Gasteiger partial charge is 0.251 e. The minimum absolute atomic E-state index is 0.0976. The summed E-state index contributed by atoms with van der Waals surface area (Å²) < 4.78 is 11.0. The Morgan fingerprint density at radius 2 is 1.65 bits per heavy atom. The molecule has 2 aromatic carbocycles. The number of ether oxygens (including phenoxy) is 2. The lowest BCUT2D eigenvalue weighted by Crippen LogP contribution is -2.48. The van der Waals surface area contributed by atoms with Crippen molar-refractivity contribution in [2.75, 3.05) is 33.4 Å². The highest BCUT2D eigenvalue weighted by atomic mass is 16.5. The minimum Gasteiger partial charge on any atom is -0.497 e. The first-order valence-electron chi connectivity index (χ1n) is 16.0. The SMILES string of the molecule is CCOc1cc(OC)ccc1CNCC(=O)N1CCC(c2ccc(C(=O)NC(C(=O)C(C)C)C3CCCCC3)cc2)CC1. The maximum absolute atomic E-state index is 13.2. The molecule has 1 saturated carbocycles. The fourth-order valence-electron chi connectivity index (χ4n) is 6.36. The number of ketones is 1. The van der Waals surface area contributed by atoms with E-state index in [0.717, 1.165) is 55.6 Å². The van der Waals surface area contributed by atoms with Gasteiger partial charge in [0, 0.05) is 42.7 Å². The summed E-state index contributed by atoms with van der Waals surface area (Å²) in [6, 6.07) is 13.1. The Hall–Kier alpha value is -3.39. The molecular formula is C35H49N3O5. The normalized spacial score (nSPS) is 17.0. The third-order valence-electron chi connectivity index (χ3n) is 8.94. The number of nitrogens with one attached hydrogen (secondary N) is 2. The number of piperidine rings is 1. The van der Waals surface area contributed by atoms with Gasteiger partial charge in [-0.1, -0.05) is 51.3 Å². The second-order valence-corrected chi connectivity index (χ2v) is 12.2. The van der Waals surface area contributed by atoms with Gasteiger partial charge >= 0.3 is 0 Å². The average Bonchev–Trinajstić information content (AvgIpc) is 3.04. The third kappa shape index (κ3) is 8.82. The summed E-state index contributed by atoms with van der Waals surface area (Å²) in [5.74, 6) is 2.02. The van der Waals surface area contributed by atoms with Crippen LogP contribution in [-0.2, 0) is 16.1 Å². The number of benzene rings is 2. The number of nitrogens with zero attached hydrogens (tertiary/aromatic N) is 1. The van der Waals surface area contributed by atoms with Crippen LogP contribution in [0.2, 0.25) is 0 Å². The molecule has 4 rings (SSSR count). The first-order valence-corrected chi connectivity index (χ1v) is 16.0. The topological polar surface area (TPSA) is 97.0 Å². The molecule has 1 aliphatic carbocycles. The second kappa shape index (κ2) is 15.9. The molecule has 0 aromatic heterocycles. The van der Waals surface area contributed by atoms with Crippen LogP contribution < -0.4 is 20.1 Å².